The largest absolute Gasteiger partial charge is 0.497 e. The molecular formula is C31H35FN8O6. The van der Waals surface area contributed by atoms with Crippen LogP contribution in [0.15, 0.2) is 30.3 Å². The molecule has 2 aliphatic rings. The molecule has 2 aromatic heterocycles. The Balaban J connectivity index is 1.30. The maximum atomic E-state index is 14.9. The number of likely N-dealkylation sites (tertiary alicyclic amines) is 1. The van der Waals surface area contributed by atoms with Crippen molar-refractivity contribution in [2.75, 3.05) is 33.2 Å². The quantitative estimate of drug-likeness (QED) is 0.194. The molecule has 2 atom stereocenters. The smallest absolute Gasteiger partial charge is 0.327 e. The first-order valence-electron chi connectivity index (χ1n) is 15.0. The fourth-order valence-electron chi connectivity index (χ4n) is 5.59. The monoisotopic (exact) mass is 634 g/mol. The highest BCUT2D eigenvalue weighted by Gasteiger charge is 2.36. The predicted molar refractivity (Wildman–Crippen MR) is 164 cm³/mol. The number of aromatic nitrogens is 4. The molecule has 6 rings (SSSR count). The normalized spacial score (nSPS) is 17.9. The average Bonchev–Trinajstić information content (AvgIpc) is 3.83. The van der Waals surface area contributed by atoms with Crippen LogP contribution in [0.5, 0.6) is 17.2 Å². The number of hydrogen-bond acceptors (Lipinski definition) is 10. The van der Waals surface area contributed by atoms with E-state index in [0.717, 1.165) is 18.4 Å². The van der Waals surface area contributed by atoms with Gasteiger partial charge in [0.2, 0.25) is 11.9 Å². The van der Waals surface area contributed by atoms with E-state index >= 15 is 0 Å². The third kappa shape index (κ3) is 6.04. The van der Waals surface area contributed by atoms with Gasteiger partial charge in [-0.3, -0.25) is 25.2 Å². The molecule has 14 nitrogen and oxygen atoms in total. The third-order valence-corrected chi connectivity index (χ3v) is 8.44. The van der Waals surface area contributed by atoms with E-state index < -0.39 is 17.6 Å². The first-order chi connectivity index (χ1) is 22.2. The van der Waals surface area contributed by atoms with Gasteiger partial charge in [0.1, 0.15) is 11.5 Å². The van der Waals surface area contributed by atoms with Crippen LogP contribution >= 0.6 is 0 Å². The molecule has 4 aromatic rings. The van der Waals surface area contributed by atoms with Gasteiger partial charge in [-0.2, -0.15) is 4.52 Å². The van der Waals surface area contributed by atoms with Crippen molar-refractivity contribution < 1.29 is 33.0 Å². The van der Waals surface area contributed by atoms with E-state index in [2.05, 4.69) is 16.2 Å². The van der Waals surface area contributed by atoms with Crippen LogP contribution in [0.25, 0.3) is 16.6 Å². The van der Waals surface area contributed by atoms with Crippen molar-refractivity contribution in [3.05, 3.63) is 47.5 Å². The van der Waals surface area contributed by atoms with E-state index in [1.165, 1.54) is 28.7 Å². The Bertz CT molecular complexity index is 1830. The molecule has 1 aliphatic carbocycles. The highest BCUT2D eigenvalue weighted by Crippen LogP contribution is 2.33. The fourth-order valence-corrected chi connectivity index (χ4v) is 5.59. The number of halogens is 1. The van der Waals surface area contributed by atoms with Crippen molar-refractivity contribution in [3.8, 4) is 17.2 Å². The summed E-state index contributed by atoms with van der Waals surface area (Å²) in [5.74, 6) is -0.916. The summed E-state index contributed by atoms with van der Waals surface area (Å²) in [7, 11) is 4.53. The molecule has 3 amide bonds. The summed E-state index contributed by atoms with van der Waals surface area (Å²) in [6, 6.07) is 8.07. The molecule has 1 saturated carbocycles. The molecule has 3 heterocycles. The number of nitrogens with zero attached hydrogens (tertiary/aromatic N) is 5. The number of nitrogens with one attached hydrogen (secondary N) is 3. The van der Waals surface area contributed by atoms with Gasteiger partial charge in [-0.1, -0.05) is 0 Å². The first-order valence-corrected chi connectivity index (χ1v) is 15.0. The molecule has 0 radical (unpaired) electrons. The average molecular weight is 635 g/mol. The van der Waals surface area contributed by atoms with Gasteiger partial charge in [-0.25, -0.2) is 14.4 Å². The third-order valence-electron chi connectivity index (χ3n) is 8.44. The highest BCUT2D eigenvalue weighted by atomic mass is 19.1. The molecule has 1 aliphatic heterocycles. The minimum atomic E-state index is -0.912. The number of hydrazine groups is 1. The van der Waals surface area contributed by atoms with Crippen LogP contribution in [-0.4, -0.2) is 76.1 Å². The van der Waals surface area contributed by atoms with Gasteiger partial charge < -0.3 is 24.4 Å². The van der Waals surface area contributed by atoms with Gasteiger partial charge in [0.05, 0.1) is 26.8 Å². The molecule has 0 spiro atoms. The fraction of sp³-hybridized carbons (Fsp3) is 0.419. The molecule has 0 bridgehead atoms. The van der Waals surface area contributed by atoms with Crippen LogP contribution in [-0.2, 0) is 20.9 Å². The van der Waals surface area contributed by atoms with Crippen molar-refractivity contribution in [3.63, 3.8) is 0 Å². The second-order valence-corrected chi connectivity index (χ2v) is 11.5. The van der Waals surface area contributed by atoms with Gasteiger partial charge in [0.15, 0.2) is 23.0 Å². The van der Waals surface area contributed by atoms with Crippen LogP contribution in [0.2, 0.25) is 0 Å². The summed E-state index contributed by atoms with van der Waals surface area (Å²) in [4.78, 5) is 48.7. The predicted octanol–water partition coefficient (Wildman–Crippen LogP) is 2.71. The number of rotatable bonds is 8. The molecule has 46 heavy (non-hydrogen) atoms. The zero-order valence-electron chi connectivity index (χ0n) is 25.9. The van der Waals surface area contributed by atoms with Gasteiger partial charge in [0, 0.05) is 54.0 Å². The number of carbonyl (C=O) groups excluding carboxylic acids is 3. The minimum absolute atomic E-state index is 0.0360. The van der Waals surface area contributed by atoms with Gasteiger partial charge in [0.25, 0.3) is 0 Å². The van der Waals surface area contributed by atoms with E-state index in [1.54, 1.807) is 20.3 Å². The van der Waals surface area contributed by atoms with Crippen LogP contribution in [0.1, 0.15) is 49.9 Å². The number of amides is 3. The second kappa shape index (κ2) is 12.7. The number of hydrogen-bond donors (Lipinski definition) is 3. The number of piperidine rings is 1. The molecule has 15 heteroatoms. The maximum absolute atomic E-state index is 14.9. The van der Waals surface area contributed by atoms with E-state index in [9.17, 15) is 18.8 Å². The lowest BCUT2D eigenvalue weighted by Crippen LogP contribution is -2.54. The number of fused-ring (bicyclic) bond motifs is 3. The SMILES string of the molecule is COc1ccc(CNc2nc3cc(OC)c(F)cc3c3nc([C@@H]4CC[C@H](C)N(C(=O)C(=O)NNC(=O)C5CC5)C4)nn23)c(OC)c1. The molecule has 1 saturated heterocycles. The Labute approximate surface area is 263 Å². The van der Waals surface area contributed by atoms with E-state index in [0.29, 0.717) is 59.2 Å². The number of methoxy groups -OCH3 is 3. The minimum Gasteiger partial charge on any atom is -0.497 e. The lowest BCUT2D eigenvalue weighted by atomic mass is 9.92. The molecule has 2 aromatic carbocycles. The van der Waals surface area contributed by atoms with Crippen molar-refractivity contribution in [1.29, 1.82) is 0 Å². The molecule has 242 valence electrons. The molecular weight excluding hydrogens is 599 g/mol. The van der Waals surface area contributed by atoms with Gasteiger partial charge in [-0.15, -0.1) is 5.10 Å². The van der Waals surface area contributed by atoms with Crippen molar-refractivity contribution >= 4 is 40.2 Å². The second-order valence-electron chi connectivity index (χ2n) is 11.5. The highest BCUT2D eigenvalue weighted by molar-refractivity contribution is 6.35. The number of anilines is 1. The van der Waals surface area contributed by atoms with Crippen LogP contribution in [0, 0.1) is 11.7 Å². The summed E-state index contributed by atoms with van der Waals surface area (Å²) >= 11 is 0. The molecule has 2 fully saturated rings. The van der Waals surface area contributed by atoms with Crippen molar-refractivity contribution in [2.45, 2.75) is 51.1 Å². The Morgan fingerprint density at radius 1 is 0.957 bits per heavy atom. The van der Waals surface area contributed by atoms with E-state index in [1.807, 2.05) is 19.1 Å². The lowest BCUT2D eigenvalue weighted by molar-refractivity contribution is -0.149. The summed E-state index contributed by atoms with van der Waals surface area (Å²) in [5, 5.41) is 8.50. The summed E-state index contributed by atoms with van der Waals surface area (Å²) in [5.41, 5.74) is 6.20. The molecule has 0 unspecified atom stereocenters. The molecule has 3 N–H and O–H groups in total. The van der Waals surface area contributed by atoms with E-state index in [4.69, 9.17) is 29.3 Å². The summed E-state index contributed by atoms with van der Waals surface area (Å²) in [6.07, 6.45) is 2.79. The zero-order chi connectivity index (χ0) is 32.5. The number of carbonyl (C=O) groups is 3. The standard InChI is InChI=1S/C31H35FN8O6/c1-16-5-6-19(15-39(16)30(43)29(42)37-36-28(41)17-7-8-17)26-35-27-21-12-22(32)25(46-4)13-23(21)34-31(40(27)38-26)33-14-18-9-10-20(44-2)11-24(18)45-3/h9-13,16-17,19H,5-8,14-15H2,1-4H3,(H,33,34)(H,36,41)(H,37,42)/t16-,19+/m0/s1. The summed E-state index contributed by atoms with van der Waals surface area (Å²) in [6.45, 7) is 2.36. The zero-order valence-corrected chi connectivity index (χ0v) is 25.9. The van der Waals surface area contributed by atoms with Crippen LogP contribution in [0.3, 0.4) is 0 Å². The Morgan fingerprint density at radius 3 is 2.46 bits per heavy atom. The van der Waals surface area contributed by atoms with Crippen LogP contribution < -0.4 is 30.4 Å². The van der Waals surface area contributed by atoms with Crippen LogP contribution in [0.4, 0.5) is 10.3 Å². The van der Waals surface area contributed by atoms with E-state index in [-0.39, 0.29) is 36.1 Å². The Kier molecular flexibility index (Phi) is 8.47. The van der Waals surface area contributed by atoms with Crippen molar-refractivity contribution in [2.24, 2.45) is 5.92 Å². The number of ether oxygens (including phenoxy) is 3. The first kappa shape index (κ1) is 30.8. The Hall–Kier alpha value is -5.21. The van der Waals surface area contributed by atoms with Crippen molar-refractivity contribution in [1.82, 2.24) is 35.3 Å². The topological polar surface area (TPSA) is 161 Å². The lowest BCUT2D eigenvalue weighted by Gasteiger charge is -2.36. The number of benzene rings is 2. The Morgan fingerprint density at radius 2 is 1.74 bits per heavy atom. The van der Waals surface area contributed by atoms with Gasteiger partial charge in [-0.05, 0) is 50.8 Å². The summed E-state index contributed by atoms with van der Waals surface area (Å²) < 4.78 is 32.4. The van der Waals surface area contributed by atoms with Gasteiger partial charge >= 0.3 is 11.8 Å². The maximum Gasteiger partial charge on any atom is 0.327 e.